The van der Waals surface area contributed by atoms with E-state index in [0.29, 0.717) is 12.5 Å². The number of hydrogen-bond donors (Lipinski definition) is 2. The summed E-state index contributed by atoms with van der Waals surface area (Å²) in [4.78, 5) is 18.6. The van der Waals surface area contributed by atoms with Crippen LogP contribution in [0.3, 0.4) is 0 Å². The predicted octanol–water partition coefficient (Wildman–Crippen LogP) is 2.25. The number of aromatic amines is 1. The molecule has 1 aliphatic heterocycles. The van der Waals surface area contributed by atoms with E-state index in [9.17, 15) is 0 Å². The normalized spacial score (nSPS) is 16.6. The van der Waals surface area contributed by atoms with Crippen molar-refractivity contribution in [1.29, 1.82) is 0 Å². The molecule has 128 valence electrons. The van der Waals surface area contributed by atoms with Crippen LogP contribution in [0, 0.1) is 6.92 Å². The van der Waals surface area contributed by atoms with Crippen molar-refractivity contribution in [2.45, 2.75) is 19.4 Å². The van der Waals surface area contributed by atoms with Gasteiger partial charge in [0.1, 0.15) is 11.6 Å². The van der Waals surface area contributed by atoms with E-state index in [2.05, 4.69) is 37.0 Å². The highest BCUT2D eigenvalue weighted by Crippen LogP contribution is 2.34. The highest BCUT2D eigenvalue weighted by atomic mass is 16.5. The maximum atomic E-state index is 5.84. The zero-order valence-corrected chi connectivity index (χ0v) is 14.2. The van der Waals surface area contributed by atoms with Crippen LogP contribution in [0.25, 0.3) is 0 Å². The number of nitrogens with zero attached hydrogens (tertiary/aromatic N) is 4. The number of aromatic nitrogens is 4. The summed E-state index contributed by atoms with van der Waals surface area (Å²) in [6.07, 6.45) is 1.75. The second-order valence-corrected chi connectivity index (χ2v) is 6.20. The SMILES string of the molecule is COc1cccc(C2CN(c3cc(C)nc(N)n3)Cc3[nH]cnc32)c1. The summed E-state index contributed by atoms with van der Waals surface area (Å²) in [7, 11) is 1.68. The van der Waals surface area contributed by atoms with Crippen molar-refractivity contribution in [3.63, 3.8) is 0 Å². The summed E-state index contributed by atoms with van der Waals surface area (Å²) in [5.41, 5.74) is 10.0. The lowest BCUT2D eigenvalue weighted by Crippen LogP contribution is -2.35. The van der Waals surface area contributed by atoms with Gasteiger partial charge in [0.05, 0.1) is 31.4 Å². The van der Waals surface area contributed by atoms with Gasteiger partial charge in [-0.15, -0.1) is 0 Å². The molecule has 1 aliphatic rings. The van der Waals surface area contributed by atoms with Gasteiger partial charge in [0, 0.05) is 24.2 Å². The minimum Gasteiger partial charge on any atom is -0.497 e. The molecule has 1 atom stereocenters. The van der Waals surface area contributed by atoms with Crippen molar-refractivity contribution in [2.75, 3.05) is 24.3 Å². The van der Waals surface area contributed by atoms with E-state index in [-0.39, 0.29) is 5.92 Å². The molecule has 0 amide bonds. The molecule has 0 spiro atoms. The third-order valence-corrected chi connectivity index (χ3v) is 4.51. The van der Waals surface area contributed by atoms with E-state index in [4.69, 9.17) is 10.5 Å². The van der Waals surface area contributed by atoms with Crippen LogP contribution in [-0.2, 0) is 6.54 Å². The van der Waals surface area contributed by atoms with Crippen molar-refractivity contribution in [1.82, 2.24) is 19.9 Å². The van der Waals surface area contributed by atoms with E-state index >= 15 is 0 Å². The summed E-state index contributed by atoms with van der Waals surface area (Å²) in [5, 5.41) is 0. The summed E-state index contributed by atoms with van der Waals surface area (Å²) in [6, 6.07) is 10.1. The number of ether oxygens (including phenoxy) is 1. The van der Waals surface area contributed by atoms with Crippen molar-refractivity contribution in [3.8, 4) is 5.75 Å². The third kappa shape index (κ3) is 2.88. The number of anilines is 2. The fraction of sp³-hybridized carbons (Fsp3) is 0.278. The third-order valence-electron chi connectivity index (χ3n) is 4.51. The Morgan fingerprint density at radius 2 is 2.16 bits per heavy atom. The molecule has 7 heteroatoms. The fourth-order valence-corrected chi connectivity index (χ4v) is 3.35. The van der Waals surface area contributed by atoms with Gasteiger partial charge in [0.25, 0.3) is 0 Å². The Hall–Kier alpha value is -3.09. The molecule has 3 N–H and O–H groups in total. The largest absolute Gasteiger partial charge is 0.497 e. The maximum Gasteiger partial charge on any atom is 0.222 e. The quantitative estimate of drug-likeness (QED) is 0.762. The van der Waals surface area contributed by atoms with Gasteiger partial charge >= 0.3 is 0 Å². The first-order valence-electron chi connectivity index (χ1n) is 8.16. The first kappa shape index (κ1) is 15.4. The highest BCUT2D eigenvalue weighted by Gasteiger charge is 2.30. The topological polar surface area (TPSA) is 93.0 Å². The Labute approximate surface area is 145 Å². The van der Waals surface area contributed by atoms with Gasteiger partial charge in [0.2, 0.25) is 5.95 Å². The fourth-order valence-electron chi connectivity index (χ4n) is 3.35. The van der Waals surface area contributed by atoms with Crippen molar-refractivity contribution < 1.29 is 4.74 Å². The second kappa shape index (κ2) is 6.08. The lowest BCUT2D eigenvalue weighted by molar-refractivity contribution is 0.414. The number of nitrogens with one attached hydrogen (secondary N) is 1. The zero-order chi connectivity index (χ0) is 17.4. The molecule has 0 saturated heterocycles. The van der Waals surface area contributed by atoms with Gasteiger partial charge in [-0.2, -0.15) is 4.98 Å². The first-order valence-corrected chi connectivity index (χ1v) is 8.16. The van der Waals surface area contributed by atoms with Crippen LogP contribution in [0.1, 0.15) is 28.6 Å². The molecule has 3 heterocycles. The Morgan fingerprint density at radius 3 is 2.96 bits per heavy atom. The van der Waals surface area contributed by atoms with Crippen LogP contribution in [0.2, 0.25) is 0 Å². The number of imidazole rings is 1. The van der Waals surface area contributed by atoms with Gasteiger partial charge in [-0.1, -0.05) is 12.1 Å². The van der Waals surface area contributed by atoms with Gasteiger partial charge in [-0.25, -0.2) is 9.97 Å². The van der Waals surface area contributed by atoms with Gasteiger partial charge in [0.15, 0.2) is 0 Å². The molecule has 1 aromatic carbocycles. The molecule has 2 aromatic heterocycles. The Morgan fingerprint density at radius 1 is 1.28 bits per heavy atom. The molecule has 0 aliphatic carbocycles. The van der Waals surface area contributed by atoms with Crippen molar-refractivity contribution in [3.05, 3.63) is 59.3 Å². The minimum absolute atomic E-state index is 0.126. The number of hydrogen-bond acceptors (Lipinski definition) is 6. The lowest BCUT2D eigenvalue weighted by Gasteiger charge is -2.33. The molecule has 0 saturated carbocycles. The monoisotopic (exact) mass is 336 g/mol. The predicted molar refractivity (Wildman–Crippen MR) is 95.7 cm³/mol. The standard InChI is InChI=1S/C18H20N6O/c1-11-6-16(23-18(19)22-11)24-8-14(17-15(9-24)20-10-21-17)12-4-3-5-13(7-12)25-2/h3-7,10,14H,8-9H2,1-2H3,(H,20,21)(H2,19,22,23). The molecule has 25 heavy (non-hydrogen) atoms. The minimum atomic E-state index is 0.126. The van der Waals surface area contributed by atoms with E-state index in [1.165, 1.54) is 0 Å². The molecule has 3 aromatic rings. The summed E-state index contributed by atoms with van der Waals surface area (Å²) < 4.78 is 5.38. The summed E-state index contributed by atoms with van der Waals surface area (Å²) in [5.74, 6) is 2.09. The van der Waals surface area contributed by atoms with E-state index in [1.54, 1.807) is 13.4 Å². The maximum absolute atomic E-state index is 5.84. The zero-order valence-electron chi connectivity index (χ0n) is 14.2. The average molecular weight is 336 g/mol. The Bertz CT molecular complexity index is 886. The van der Waals surface area contributed by atoms with Crippen LogP contribution < -0.4 is 15.4 Å². The first-order chi connectivity index (χ1) is 12.1. The lowest BCUT2D eigenvalue weighted by atomic mass is 9.90. The van der Waals surface area contributed by atoms with Crippen LogP contribution in [0.4, 0.5) is 11.8 Å². The Kier molecular flexibility index (Phi) is 3.76. The molecular formula is C18H20N6O. The van der Waals surface area contributed by atoms with Crippen molar-refractivity contribution >= 4 is 11.8 Å². The molecule has 4 rings (SSSR count). The Balaban J connectivity index is 1.74. The summed E-state index contributed by atoms with van der Waals surface area (Å²) in [6.45, 7) is 3.40. The van der Waals surface area contributed by atoms with Crippen LogP contribution in [-0.4, -0.2) is 33.6 Å². The van der Waals surface area contributed by atoms with Gasteiger partial charge < -0.3 is 20.4 Å². The summed E-state index contributed by atoms with van der Waals surface area (Å²) >= 11 is 0. The number of aryl methyl sites for hydroxylation is 1. The number of H-pyrrole nitrogens is 1. The molecular weight excluding hydrogens is 316 g/mol. The second-order valence-electron chi connectivity index (χ2n) is 6.20. The number of rotatable bonds is 3. The van der Waals surface area contributed by atoms with Gasteiger partial charge in [-0.05, 0) is 24.6 Å². The average Bonchev–Trinajstić information content (AvgIpc) is 3.08. The smallest absolute Gasteiger partial charge is 0.222 e. The van der Waals surface area contributed by atoms with Crippen LogP contribution >= 0.6 is 0 Å². The molecule has 0 fully saturated rings. The molecule has 7 nitrogen and oxygen atoms in total. The molecule has 0 radical (unpaired) electrons. The number of nitrogens with two attached hydrogens (primary N) is 1. The van der Waals surface area contributed by atoms with E-state index in [1.807, 2.05) is 25.1 Å². The number of methoxy groups -OCH3 is 1. The van der Waals surface area contributed by atoms with E-state index in [0.717, 1.165) is 40.8 Å². The highest BCUT2D eigenvalue weighted by molar-refractivity contribution is 5.49. The van der Waals surface area contributed by atoms with Crippen LogP contribution in [0.5, 0.6) is 5.75 Å². The van der Waals surface area contributed by atoms with E-state index < -0.39 is 0 Å². The number of nitrogen functional groups attached to an aromatic ring is 1. The molecule has 0 bridgehead atoms. The van der Waals surface area contributed by atoms with Gasteiger partial charge in [-0.3, -0.25) is 0 Å². The van der Waals surface area contributed by atoms with Crippen LogP contribution in [0.15, 0.2) is 36.7 Å². The number of fused-ring (bicyclic) bond motifs is 1. The molecule has 1 unspecified atom stereocenters. The van der Waals surface area contributed by atoms with Crippen molar-refractivity contribution in [2.24, 2.45) is 0 Å². The number of benzene rings is 1.